The van der Waals surface area contributed by atoms with E-state index in [4.69, 9.17) is 4.74 Å². The number of aromatic nitrogens is 2. The largest absolute Gasteiger partial charge is 0.461 e. The van der Waals surface area contributed by atoms with E-state index in [0.29, 0.717) is 12.3 Å². The Morgan fingerprint density at radius 1 is 1.60 bits per heavy atom. The molecule has 0 saturated heterocycles. The van der Waals surface area contributed by atoms with Gasteiger partial charge in [0, 0.05) is 0 Å². The maximum atomic E-state index is 11.4. The zero-order valence-electron chi connectivity index (χ0n) is 8.11. The number of nitrogens with zero attached hydrogens (tertiary/aromatic N) is 2. The fourth-order valence-electron chi connectivity index (χ4n) is 1.29. The Labute approximate surface area is 95.0 Å². The fourth-order valence-corrected chi connectivity index (χ4v) is 1.72. The second-order valence-corrected chi connectivity index (χ2v) is 3.75. The summed E-state index contributed by atoms with van der Waals surface area (Å²) in [6, 6.07) is 7.31. The molecule has 2 heterocycles. The van der Waals surface area contributed by atoms with Crippen LogP contribution in [0.15, 0.2) is 28.9 Å². The average Bonchev–Trinajstić information content (AvgIpc) is 2.63. The van der Waals surface area contributed by atoms with Crippen LogP contribution in [0.3, 0.4) is 0 Å². The lowest BCUT2D eigenvalue weighted by Crippen LogP contribution is -2.05. The zero-order valence-corrected chi connectivity index (χ0v) is 9.69. The van der Waals surface area contributed by atoms with E-state index < -0.39 is 5.97 Å². The van der Waals surface area contributed by atoms with Crippen molar-refractivity contribution in [3.8, 4) is 0 Å². The number of halogens is 1. The van der Waals surface area contributed by atoms with Crippen LogP contribution in [-0.2, 0) is 4.74 Å². The van der Waals surface area contributed by atoms with Crippen molar-refractivity contribution in [2.75, 3.05) is 6.61 Å². The molecule has 15 heavy (non-hydrogen) atoms. The predicted octanol–water partition coefficient (Wildman–Crippen LogP) is 2.27. The zero-order chi connectivity index (χ0) is 10.8. The molecule has 0 aromatic carbocycles. The first kappa shape index (κ1) is 10.2. The highest BCUT2D eigenvalue weighted by Crippen LogP contribution is 2.14. The molecule has 0 saturated carbocycles. The Bertz CT molecular complexity index is 507. The number of rotatable bonds is 2. The van der Waals surface area contributed by atoms with Gasteiger partial charge in [-0.1, -0.05) is 6.07 Å². The Kier molecular flexibility index (Phi) is 2.73. The summed E-state index contributed by atoms with van der Waals surface area (Å²) in [7, 11) is 0. The Morgan fingerprint density at radius 3 is 3.07 bits per heavy atom. The molecule has 0 fully saturated rings. The van der Waals surface area contributed by atoms with Crippen LogP contribution in [0, 0.1) is 0 Å². The van der Waals surface area contributed by atoms with Crippen LogP contribution >= 0.6 is 15.9 Å². The minimum atomic E-state index is -0.395. The third-order valence-corrected chi connectivity index (χ3v) is 2.52. The van der Waals surface area contributed by atoms with E-state index >= 15 is 0 Å². The van der Waals surface area contributed by atoms with Gasteiger partial charge in [-0.15, -0.1) is 0 Å². The summed E-state index contributed by atoms with van der Waals surface area (Å²) in [5, 5.41) is 4.13. The van der Waals surface area contributed by atoms with Crippen LogP contribution in [0.1, 0.15) is 17.4 Å². The molecule has 78 valence electrons. The summed E-state index contributed by atoms with van der Waals surface area (Å²) in [5.74, 6) is -0.395. The Balaban J connectivity index is 2.47. The van der Waals surface area contributed by atoms with Gasteiger partial charge in [0.25, 0.3) is 0 Å². The van der Waals surface area contributed by atoms with Crippen molar-refractivity contribution in [2.24, 2.45) is 0 Å². The third kappa shape index (κ3) is 1.87. The molecule has 4 nitrogen and oxygen atoms in total. The summed E-state index contributed by atoms with van der Waals surface area (Å²) in [4.78, 5) is 11.4. The molecule has 2 aromatic rings. The maximum absolute atomic E-state index is 11.4. The molecule has 0 radical (unpaired) electrons. The normalized spacial score (nSPS) is 10.5. The van der Waals surface area contributed by atoms with Gasteiger partial charge in [0.05, 0.1) is 12.1 Å². The Morgan fingerprint density at radius 2 is 2.40 bits per heavy atom. The van der Waals surface area contributed by atoms with E-state index in [1.807, 2.05) is 18.2 Å². The summed E-state index contributed by atoms with van der Waals surface area (Å²) in [5.41, 5.74) is 1.18. The third-order valence-electron chi connectivity index (χ3n) is 1.92. The van der Waals surface area contributed by atoms with E-state index in [1.165, 1.54) is 0 Å². The van der Waals surface area contributed by atoms with Crippen LogP contribution in [-0.4, -0.2) is 22.2 Å². The van der Waals surface area contributed by atoms with Crippen molar-refractivity contribution in [1.29, 1.82) is 0 Å². The van der Waals surface area contributed by atoms with Crippen LogP contribution in [0.5, 0.6) is 0 Å². The molecule has 5 heteroatoms. The van der Waals surface area contributed by atoms with Crippen molar-refractivity contribution in [3.63, 3.8) is 0 Å². The molecule has 0 amide bonds. The smallest absolute Gasteiger partial charge is 0.358 e. The van der Waals surface area contributed by atoms with E-state index in [2.05, 4.69) is 21.0 Å². The minimum absolute atomic E-state index is 0.323. The number of pyridine rings is 1. The van der Waals surface area contributed by atoms with Crippen LogP contribution < -0.4 is 0 Å². The number of carbonyl (C=O) groups excluding carboxylic acids is 1. The molecule has 0 aliphatic rings. The van der Waals surface area contributed by atoms with E-state index in [-0.39, 0.29) is 0 Å². The fraction of sp³-hybridized carbons (Fsp3) is 0.200. The number of hydrogen-bond donors (Lipinski definition) is 0. The van der Waals surface area contributed by atoms with Gasteiger partial charge in [-0.2, -0.15) is 5.10 Å². The number of ether oxygens (including phenoxy) is 1. The van der Waals surface area contributed by atoms with Crippen molar-refractivity contribution in [1.82, 2.24) is 9.61 Å². The van der Waals surface area contributed by atoms with Crippen LogP contribution in [0.25, 0.3) is 5.52 Å². The lowest BCUT2D eigenvalue weighted by atomic mass is 10.3. The van der Waals surface area contributed by atoms with Gasteiger partial charge in [0.2, 0.25) is 0 Å². The lowest BCUT2D eigenvalue weighted by molar-refractivity contribution is 0.0519. The van der Waals surface area contributed by atoms with Gasteiger partial charge in [-0.25, -0.2) is 9.31 Å². The lowest BCUT2D eigenvalue weighted by Gasteiger charge is -1.96. The van der Waals surface area contributed by atoms with Crippen molar-refractivity contribution < 1.29 is 9.53 Å². The number of carbonyl (C=O) groups is 1. The summed E-state index contributed by atoms with van der Waals surface area (Å²) >= 11 is 3.35. The van der Waals surface area contributed by atoms with Crippen molar-refractivity contribution in [2.45, 2.75) is 6.92 Å². The molecule has 0 aliphatic heterocycles. The molecule has 0 N–H and O–H groups in total. The van der Waals surface area contributed by atoms with Crippen molar-refractivity contribution >= 4 is 27.4 Å². The Hall–Kier alpha value is -1.36. The molecular formula is C10H9BrN2O2. The first-order valence-corrected chi connectivity index (χ1v) is 5.33. The predicted molar refractivity (Wildman–Crippen MR) is 58.8 cm³/mol. The second kappa shape index (κ2) is 4.02. The van der Waals surface area contributed by atoms with Gasteiger partial charge < -0.3 is 4.74 Å². The van der Waals surface area contributed by atoms with E-state index in [1.54, 1.807) is 17.5 Å². The molecular weight excluding hydrogens is 260 g/mol. The number of fused-ring (bicyclic) bond motifs is 1. The quantitative estimate of drug-likeness (QED) is 0.620. The second-order valence-electron chi connectivity index (χ2n) is 2.94. The van der Waals surface area contributed by atoms with Gasteiger partial charge in [-0.05, 0) is 41.1 Å². The van der Waals surface area contributed by atoms with Gasteiger partial charge in [-0.3, -0.25) is 0 Å². The molecule has 2 aromatic heterocycles. The van der Waals surface area contributed by atoms with E-state index in [0.717, 1.165) is 10.1 Å². The molecule has 2 rings (SSSR count). The summed E-state index contributed by atoms with van der Waals surface area (Å²) < 4.78 is 7.31. The maximum Gasteiger partial charge on any atom is 0.358 e. The molecule has 0 unspecified atom stereocenters. The van der Waals surface area contributed by atoms with Crippen LogP contribution in [0.4, 0.5) is 0 Å². The summed E-state index contributed by atoms with van der Waals surface area (Å²) in [6.07, 6.45) is 0. The average molecular weight is 269 g/mol. The highest BCUT2D eigenvalue weighted by atomic mass is 79.9. The minimum Gasteiger partial charge on any atom is -0.461 e. The molecule has 0 spiro atoms. The van der Waals surface area contributed by atoms with Crippen molar-refractivity contribution in [3.05, 3.63) is 34.6 Å². The first-order chi connectivity index (χ1) is 7.22. The SMILES string of the molecule is CCOC(=O)c1cc2cccc(Br)n2n1. The number of hydrogen-bond acceptors (Lipinski definition) is 3. The van der Waals surface area contributed by atoms with E-state index in [9.17, 15) is 4.79 Å². The van der Waals surface area contributed by atoms with Crippen LogP contribution in [0.2, 0.25) is 0 Å². The topological polar surface area (TPSA) is 43.6 Å². The number of esters is 1. The van der Waals surface area contributed by atoms with Gasteiger partial charge >= 0.3 is 5.97 Å². The molecule has 0 aliphatic carbocycles. The first-order valence-electron chi connectivity index (χ1n) is 4.54. The highest BCUT2D eigenvalue weighted by Gasteiger charge is 2.12. The van der Waals surface area contributed by atoms with Gasteiger partial charge in [0.15, 0.2) is 5.69 Å². The standard InChI is InChI=1S/C10H9BrN2O2/c1-2-15-10(14)8-6-7-4-3-5-9(11)13(7)12-8/h3-6H,2H2,1H3. The monoisotopic (exact) mass is 268 g/mol. The highest BCUT2D eigenvalue weighted by molar-refractivity contribution is 9.10. The molecule has 0 bridgehead atoms. The summed E-state index contributed by atoms with van der Waals surface area (Å²) in [6.45, 7) is 2.12. The van der Waals surface area contributed by atoms with Gasteiger partial charge in [0.1, 0.15) is 4.60 Å². The molecule has 0 atom stereocenters.